The molecule has 56 valence electrons. The molecule has 0 rings (SSSR count). The first-order valence-electron chi connectivity index (χ1n) is 1.35. The van der Waals surface area contributed by atoms with Gasteiger partial charge in [-0.15, -0.1) is 0 Å². The molecule has 0 aromatic carbocycles. The fourth-order valence-corrected chi connectivity index (χ4v) is 0. The van der Waals surface area contributed by atoms with E-state index in [-0.39, 0.29) is 18.8 Å². The molecule has 5 heteroatoms. The van der Waals surface area contributed by atoms with Crippen LogP contribution in [0.5, 0.6) is 0 Å². The average Bonchev–Trinajstić information content (AvgIpc) is 1.37. The third-order valence-corrected chi connectivity index (χ3v) is 0.167. The molecule has 0 aromatic rings. The van der Waals surface area contributed by atoms with Crippen LogP contribution in [-0.2, 0) is 4.79 Å². The van der Waals surface area contributed by atoms with Gasteiger partial charge in [0.15, 0.2) is 0 Å². The van der Waals surface area contributed by atoms with Crippen molar-refractivity contribution in [2.45, 2.75) is 13.3 Å². The highest BCUT2D eigenvalue weighted by molar-refractivity contribution is 5.48. The number of halogens is 4. The first kappa shape index (κ1) is 52.8. The highest BCUT2D eigenvalue weighted by Gasteiger charge is 1.52. The van der Waals surface area contributed by atoms with E-state index in [0.717, 1.165) is 6.29 Å². The molecule has 0 unspecified atom stereocenters. The lowest BCUT2D eigenvalue weighted by atomic mass is 10.6. The molecule has 0 atom stereocenters. The predicted molar refractivity (Wildman–Crippen MR) is 26.4 cm³/mol. The lowest BCUT2D eigenvalue weighted by Crippen LogP contribution is -1.55. The fraction of sp³-hybridized carbons (Fsp3) is 0.667. The lowest BCUT2D eigenvalue weighted by molar-refractivity contribution is -0.107. The maximum Gasteiger partial charge on any atom is 0.119 e. The standard InChI is InChI=1S/C3H6O.4FH/c1-2-3-4;;;;/h3H,2H2,1H3;4*1H. The van der Waals surface area contributed by atoms with E-state index in [1.807, 2.05) is 6.92 Å². The van der Waals surface area contributed by atoms with Gasteiger partial charge in [0.2, 0.25) is 0 Å². The van der Waals surface area contributed by atoms with Gasteiger partial charge in [-0.1, -0.05) is 6.92 Å². The Morgan fingerprint density at radius 2 is 1.25 bits per heavy atom. The van der Waals surface area contributed by atoms with Crippen LogP contribution in [0.25, 0.3) is 0 Å². The van der Waals surface area contributed by atoms with E-state index in [1.54, 1.807) is 0 Å². The van der Waals surface area contributed by atoms with Crippen LogP contribution in [0.4, 0.5) is 18.8 Å². The molecular weight excluding hydrogens is 128 g/mol. The summed E-state index contributed by atoms with van der Waals surface area (Å²) < 4.78 is 0. The zero-order valence-corrected chi connectivity index (χ0v) is 4.33. The van der Waals surface area contributed by atoms with Crippen molar-refractivity contribution in [1.82, 2.24) is 0 Å². The highest BCUT2D eigenvalue weighted by atomic mass is 19.0. The van der Waals surface area contributed by atoms with Crippen LogP contribution in [0, 0.1) is 0 Å². The number of rotatable bonds is 1. The van der Waals surface area contributed by atoms with Crippen molar-refractivity contribution in [2.75, 3.05) is 0 Å². The van der Waals surface area contributed by atoms with E-state index < -0.39 is 0 Å². The van der Waals surface area contributed by atoms with Gasteiger partial charge < -0.3 is 4.79 Å². The number of carbonyl (C=O) groups excluding carboxylic acids is 1. The van der Waals surface area contributed by atoms with Crippen LogP contribution in [0.15, 0.2) is 0 Å². The van der Waals surface area contributed by atoms with Crippen LogP contribution in [0.3, 0.4) is 0 Å². The highest BCUT2D eigenvalue weighted by Crippen LogP contribution is 1.53. The number of carbonyl (C=O) groups is 1. The number of aldehydes is 1. The van der Waals surface area contributed by atoms with Crippen LogP contribution < -0.4 is 0 Å². The van der Waals surface area contributed by atoms with Crippen molar-refractivity contribution in [3.8, 4) is 0 Å². The maximum atomic E-state index is 9.17. The summed E-state index contributed by atoms with van der Waals surface area (Å²) in [5.74, 6) is 0. The Bertz CT molecular complexity index is 25.2. The van der Waals surface area contributed by atoms with Gasteiger partial charge in [0.05, 0.1) is 0 Å². The molecule has 0 saturated carbocycles. The van der Waals surface area contributed by atoms with Crippen LogP contribution >= 0.6 is 0 Å². The minimum absolute atomic E-state index is 0. The second-order valence-electron chi connectivity index (χ2n) is 0.575. The Morgan fingerprint density at radius 1 is 1.12 bits per heavy atom. The number of hydrogen-bond acceptors (Lipinski definition) is 1. The monoisotopic (exact) mass is 138 g/mol. The third kappa shape index (κ3) is 683. The van der Waals surface area contributed by atoms with Gasteiger partial charge in [-0.05, 0) is 0 Å². The molecule has 8 heavy (non-hydrogen) atoms. The van der Waals surface area contributed by atoms with Crippen molar-refractivity contribution in [3.63, 3.8) is 0 Å². The normalized spacial score (nSPS) is 3.12. The molecule has 0 fully saturated rings. The molecule has 0 N–H and O–H groups in total. The lowest BCUT2D eigenvalue weighted by Gasteiger charge is -1.51. The molecule has 0 amide bonds. The molecule has 0 saturated heterocycles. The first-order chi connectivity index (χ1) is 1.91. The minimum Gasteiger partial charge on any atom is -0.303 e. The molecule has 1 nitrogen and oxygen atoms in total. The Kier molecular flexibility index (Phi) is 634. The topological polar surface area (TPSA) is 17.1 Å². The second-order valence-corrected chi connectivity index (χ2v) is 0.575. The van der Waals surface area contributed by atoms with Crippen LogP contribution in [0.2, 0.25) is 0 Å². The molecule has 0 heterocycles. The summed E-state index contributed by atoms with van der Waals surface area (Å²) >= 11 is 0. The van der Waals surface area contributed by atoms with Gasteiger partial charge in [0.25, 0.3) is 0 Å². The summed E-state index contributed by atoms with van der Waals surface area (Å²) in [6.45, 7) is 1.81. The van der Waals surface area contributed by atoms with Crippen molar-refractivity contribution >= 4 is 6.29 Å². The molecule has 0 aromatic heterocycles. The van der Waals surface area contributed by atoms with Gasteiger partial charge in [0.1, 0.15) is 6.29 Å². The van der Waals surface area contributed by atoms with E-state index in [4.69, 9.17) is 0 Å². The van der Waals surface area contributed by atoms with Gasteiger partial charge in [-0.2, -0.15) is 0 Å². The van der Waals surface area contributed by atoms with Crippen molar-refractivity contribution < 1.29 is 23.6 Å². The zero-order chi connectivity index (χ0) is 3.41. The Labute approximate surface area is 44.5 Å². The molecule has 0 bridgehead atoms. The smallest absolute Gasteiger partial charge is 0.119 e. The second kappa shape index (κ2) is 96.1. The summed E-state index contributed by atoms with van der Waals surface area (Å²) in [6, 6.07) is 0. The SMILES string of the molecule is CCC=O.F.F.F.F. The summed E-state index contributed by atoms with van der Waals surface area (Å²) in [5.41, 5.74) is 0. The van der Waals surface area contributed by atoms with Crippen LogP contribution in [-0.4, -0.2) is 6.29 Å². The van der Waals surface area contributed by atoms with Crippen molar-refractivity contribution in [3.05, 3.63) is 0 Å². The van der Waals surface area contributed by atoms with E-state index in [1.165, 1.54) is 0 Å². The summed E-state index contributed by atoms with van der Waals surface area (Å²) in [6.07, 6.45) is 1.51. The number of hydrogen-bond donors (Lipinski definition) is 0. The van der Waals surface area contributed by atoms with Gasteiger partial charge in [-0.25, -0.2) is 0 Å². The zero-order valence-electron chi connectivity index (χ0n) is 4.33. The molecule has 0 radical (unpaired) electrons. The van der Waals surface area contributed by atoms with E-state index in [0.29, 0.717) is 6.42 Å². The van der Waals surface area contributed by atoms with Gasteiger partial charge >= 0.3 is 0 Å². The Morgan fingerprint density at radius 3 is 1.25 bits per heavy atom. The van der Waals surface area contributed by atoms with E-state index >= 15 is 0 Å². The summed E-state index contributed by atoms with van der Waals surface area (Å²) in [5, 5.41) is 0. The van der Waals surface area contributed by atoms with Gasteiger partial charge in [-0.3, -0.25) is 18.8 Å². The molecule has 0 spiro atoms. The van der Waals surface area contributed by atoms with E-state index in [9.17, 15) is 4.79 Å². The molecule has 0 aliphatic carbocycles. The molecule has 0 aliphatic rings. The van der Waals surface area contributed by atoms with Gasteiger partial charge in [0, 0.05) is 6.42 Å². The van der Waals surface area contributed by atoms with E-state index in [2.05, 4.69) is 0 Å². The molecule has 0 aliphatic heterocycles. The third-order valence-electron chi connectivity index (χ3n) is 0.167. The van der Waals surface area contributed by atoms with Crippen LogP contribution in [0.1, 0.15) is 13.3 Å². The van der Waals surface area contributed by atoms with Crippen molar-refractivity contribution in [2.24, 2.45) is 0 Å². The average molecular weight is 138 g/mol. The summed E-state index contributed by atoms with van der Waals surface area (Å²) in [7, 11) is 0. The Hall–Kier alpha value is -0.610. The quantitative estimate of drug-likeness (QED) is 0.393. The predicted octanol–water partition coefficient (Wildman–Crippen LogP) is 1.21. The largest absolute Gasteiger partial charge is 0.303 e. The minimum atomic E-state index is 0. The maximum absolute atomic E-state index is 9.17. The fourth-order valence-electron chi connectivity index (χ4n) is 0. The Balaban J connectivity index is -0.00000000750. The first-order valence-corrected chi connectivity index (χ1v) is 1.35. The van der Waals surface area contributed by atoms with Crippen molar-refractivity contribution in [1.29, 1.82) is 0 Å². The molecular formula is C3H10F4O. The summed E-state index contributed by atoms with van der Waals surface area (Å²) in [4.78, 5) is 9.17.